The van der Waals surface area contributed by atoms with E-state index in [1.807, 2.05) is 7.05 Å². The number of tetrazole rings is 1. The first-order valence-electron chi connectivity index (χ1n) is 7.99. The van der Waals surface area contributed by atoms with Gasteiger partial charge in [-0.2, -0.15) is 4.80 Å². The molecule has 1 aromatic heterocycles. The van der Waals surface area contributed by atoms with Crippen LogP contribution in [0, 0.1) is 5.41 Å². The molecule has 3 heterocycles. The molecular formula is C16H22N6. The van der Waals surface area contributed by atoms with Crippen molar-refractivity contribution in [1.82, 2.24) is 30.4 Å². The monoisotopic (exact) mass is 298 g/mol. The van der Waals surface area contributed by atoms with Crippen LogP contribution in [0.5, 0.6) is 0 Å². The average molecular weight is 298 g/mol. The SMILES string of the molecule is Cn1nnc(C(c2ccccc2)N2CCC3(CC2)CNC3)n1. The maximum absolute atomic E-state index is 4.47. The zero-order valence-electron chi connectivity index (χ0n) is 12.9. The molecule has 0 bridgehead atoms. The maximum Gasteiger partial charge on any atom is 0.196 e. The van der Waals surface area contributed by atoms with Gasteiger partial charge >= 0.3 is 0 Å². The van der Waals surface area contributed by atoms with E-state index in [9.17, 15) is 0 Å². The summed E-state index contributed by atoms with van der Waals surface area (Å²) in [4.78, 5) is 4.06. The normalized spacial score (nSPS) is 22.4. The molecule has 0 saturated carbocycles. The molecule has 2 aliphatic rings. The van der Waals surface area contributed by atoms with Gasteiger partial charge in [-0.3, -0.25) is 4.90 Å². The molecule has 22 heavy (non-hydrogen) atoms. The predicted molar refractivity (Wildman–Crippen MR) is 83.2 cm³/mol. The van der Waals surface area contributed by atoms with E-state index in [-0.39, 0.29) is 6.04 Å². The second-order valence-electron chi connectivity index (χ2n) is 6.59. The fraction of sp³-hybridized carbons (Fsp3) is 0.562. The van der Waals surface area contributed by atoms with Crippen LogP contribution >= 0.6 is 0 Å². The molecule has 4 rings (SSSR count). The van der Waals surface area contributed by atoms with Gasteiger partial charge in [-0.15, -0.1) is 10.2 Å². The highest BCUT2D eigenvalue weighted by molar-refractivity contribution is 5.24. The molecule has 1 atom stereocenters. The van der Waals surface area contributed by atoms with Gasteiger partial charge in [0.15, 0.2) is 5.82 Å². The Balaban J connectivity index is 1.60. The summed E-state index contributed by atoms with van der Waals surface area (Å²) in [5.74, 6) is 0.802. The minimum Gasteiger partial charge on any atom is -0.316 e. The highest BCUT2D eigenvalue weighted by atomic mass is 15.6. The van der Waals surface area contributed by atoms with E-state index >= 15 is 0 Å². The number of piperidine rings is 1. The van der Waals surface area contributed by atoms with Crippen molar-refractivity contribution < 1.29 is 0 Å². The van der Waals surface area contributed by atoms with E-state index < -0.39 is 0 Å². The Kier molecular flexibility index (Phi) is 3.43. The van der Waals surface area contributed by atoms with Gasteiger partial charge in [-0.25, -0.2) is 0 Å². The lowest BCUT2D eigenvalue weighted by Crippen LogP contribution is -2.58. The van der Waals surface area contributed by atoms with E-state index in [0.717, 1.165) is 18.9 Å². The molecule has 116 valence electrons. The zero-order valence-corrected chi connectivity index (χ0v) is 12.9. The number of aromatic nitrogens is 4. The van der Waals surface area contributed by atoms with Crippen molar-refractivity contribution >= 4 is 0 Å². The zero-order chi connectivity index (χ0) is 15.0. The molecule has 0 radical (unpaired) electrons. The largest absolute Gasteiger partial charge is 0.316 e. The molecule has 6 nitrogen and oxygen atoms in total. The highest BCUT2D eigenvalue weighted by Crippen LogP contribution is 2.38. The first-order valence-corrected chi connectivity index (χ1v) is 7.99. The van der Waals surface area contributed by atoms with Crippen molar-refractivity contribution in [3.63, 3.8) is 0 Å². The third-order valence-electron chi connectivity index (χ3n) is 5.11. The number of benzene rings is 1. The number of hydrogen-bond acceptors (Lipinski definition) is 5. The summed E-state index contributed by atoms with van der Waals surface area (Å²) in [5.41, 5.74) is 1.80. The van der Waals surface area contributed by atoms with Crippen LogP contribution in [0.25, 0.3) is 0 Å². The Morgan fingerprint density at radius 3 is 2.41 bits per heavy atom. The van der Waals surface area contributed by atoms with Gasteiger partial charge in [-0.05, 0) is 42.1 Å². The van der Waals surface area contributed by atoms with Crippen LogP contribution in [-0.2, 0) is 7.05 Å². The van der Waals surface area contributed by atoms with Gasteiger partial charge in [0.25, 0.3) is 0 Å². The summed E-state index contributed by atoms with van der Waals surface area (Å²) >= 11 is 0. The maximum atomic E-state index is 4.47. The standard InChI is InChI=1S/C16H22N6/c1-21-19-15(18-20-21)14(13-5-3-2-4-6-13)22-9-7-16(8-10-22)11-17-12-16/h2-6,14,17H,7-12H2,1H3. The van der Waals surface area contributed by atoms with Crippen LogP contribution in [0.15, 0.2) is 30.3 Å². The van der Waals surface area contributed by atoms with Crippen LogP contribution in [0.3, 0.4) is 0 Å². The van der Waals surface area contributed by atoms with E-state index in [2.05, 4.69) is 56.0 Å². The Hall–Kier alpha value is -1.79. The third kappa shape index (κ3) is 2.42. The summed E-state index contributed by atoms with van der Waals surface area (Å²) in [5, 5.41) is 16.2. The molecule has 6 heteroatoms. The number of likely N-dealkylation sites (tertiary alicyclic amines) is 1. The summed E-state index contributed by atoms with van der Waals surface area (Å²) in [6, 6.07) is 10.7. The molecule has 2 aliphatic heterocycles. The van der Waals surface area contributed by atoms with Gasteiger partial charge in [-0.1, -0.05) is 30.3 Å². The first kappa shape index (κ1) is 13.8. The smallest absolute Gasteiger partial charge is 0.196 e. The van der Waals surface area contributed by atoms with Gasteiger partial charge in [0, 0.05) is 13.1 Å². The molecule has 0 aliphatic carbocycles. The minimum atomic E-state index is 0.111. The Morgan fingerprint density at radius 2 is 1.86 bits per heavy atom. The van der Waals surface area contributed by atoms with E-state index in [1.54, 1.807) is 4.80 Å². The van der Waals surface area contributed by atoms with Crippen LogP contribution in [0.1, 0.15) is 30.3 Å². The third-order valence-corrected chi connectivity index (χ3v) is 5.11. The molecule has 2 saturated heterocycles. The molecular weight excluding hydrogens is 276 g/mol. The van der Waals surface area contributed by atoms with E-state index in [0.29, 0.717) is 5.41 Å². The minimum absolute atomic E-state index is 0.111. The fourth-order valence-corrected chi connectivity index (χ4v) is 3.66. The van der Waals surface area contributed by atoms with Gasteiger partial charge < -0.3 is 5.32 Å². The van der Waals surface area contributed by atoms with Crippen LogP contribution in [0.2, 0.25) is 0 Å². The number of aryl methyl sites for hydroxylation is 1. The molecule has 0 amide bonds. The fourth-order valence-electron chi connectivity index (χ4n) is 3.66. The summed E-state index contributed by atoms with van der Waals surface area (Å²) in [6.45, 7) is 4.56. The van der Waals surface area contributed by atoms with Gasteiger partial charge in [0.05, 0.1) is 13.1 Å². The average Bonchev–Trinajstić information content (AvgIpc) is 2.94. The summed E-state index contributed by atoms with van der Waals surface area (Å²) < 4.78 is 0. The van der Waals surface area contributed by atoms with Crippen LogP contribution < -0.4 is 5.32 Å². The molecule has 2 fully saturated rings. The van der Waals surface area contributed by atoms with Crippen molar-refractivity contribution in [1.29, 1.82) is 0 Å². The Morgan fingerprint density at radius 1 is 1.14 bits per heavy atom. The number of nitrogens with zero attached hydrogens (tertiary/aromatic N) is 5. The van der Waals surface area contributed by atoms with Gasteiger partial charge in [0.1, 0.15) is 0 Å². The molecule has 1 unspecified atom stereocenters. The topological polar surface area (TPSA) is 58.9 Å². The second-order valence-corrected chi connectivity index (χ2v) is 6.59. The second kappa shape index (κ2) is 5.44. The Bertz CT molecular complexity index is 623. The van der Waals surface area contributed by atoms with E-state index in [1.165, 1.54) is 31.5 Å². The summed E-state index contributed by atoms with van der Waals surface area (Å²) in [6.07, 6.45) is 2.51. The lowest BCUT2D eigenvalue weighted by Gasteiger charge is -2.49. The lowest BCUT2D eigenvalue weighted by atomic mass is 9.73. The number of rotatable bonds is 3. The van der Waals surface area contributed by atoms with Crippen molar-refractivity contribution in [3.05, 3.63) is 41.7 Å². The van der Waals surface area contributed by atoms with E-state index in [4.69, 9.17) is 0 Å². The lowest BCUT2D eigenvalue weighted by molar-refractivity contribution is 0.0404. The van der Waals surface area contributed by atoms with Crippen molar-refractivity contribution in [2.45, 2.75) is 18.9 Å². The molecule has 2 aromatic rings. The molecule has 1 N–H and O–H groups in total. The quantitative estimate of drug-likeness (QED) is 0.915. The Labute approximate surface area is 130 Å². The van der Waals surface area contributed by atoms with Crippen LogP contribution in [-0.4, -0.2) is 51.3 Å². The van der Waals surface area contributed by atoms with Crippen molar-refractivity contribution in [2.24, 2.45) is 12.5 Å². The van der Waals surface area contributed by atoms with Crippen molar-refractivity contribution in [3.8, 4) is 0 Å². The predicted octanol–water partition coefficient (Wildman–Crippen LogP) is 0.985. The number of nitrogens with one attached hydrogen (secondary N) is 1. The van der Waals surface area contributed by atoms with Gasteiger partial charge in [0.2, 0.25) is 0 Å². The highest BCUT2D eigenvalue weighted by Gasteiger charge is 2.41. The molecule has 1 spiro atoms. The molecule has 1 aromatic carbocycles. The number of hydrogen-bond donors (Lipinski definition) is 1. The summed E-state index contributed by atoms with van der Waals surface area (Å²) in [7, 11) is 1.82. The van der Waals surface area contributed by atoms with Crippen LogP contribution in [0.4, 0.5) is 0 Å². The van der Waals surface area contributed by atoms with Crippen molar-refractivity contribution in [2.75, 3.05) is 26.2 Å². The first-order chi connectivity index (χ1) is 10.8.